The highest BCUT2D eigenvalue weighted by Crippen LogP contribution is 2.03. The van der Waals surface area contributed by atoms with Crippen LogP contribution in [0.2, 0.25) is 0 Å². The van der Waals surface area contributed by atoms with E-state index in [1.54, 1.807) is 11.3 Å². The quantitative estimate of drug-likeness (QED) is 0.641. The largest absolute Gasteiger partial charge is 0.245 e. The van der Waals surface area contributed by atoms with Crippen molar-refractivity contribution in [1.82, 2.24) is 4.98 Å². The van der Waals surface area contributed by atoms with Crippen LogP contribution < -0.4 is 0 Å². The second-order valence-corrected chi connectivity index (χ2v) is 2.89. The van der Waals surface area contributed by atoms with Gasteiger partial charge in [0.25, 0.3) is 0 Å². The first kappa shape index (κ1) is 7.76. The van der Waals surface area contributed by atoms with Crippen LogP contribution in [-0.4, -0.2) is 10.9 Å². The van der Waals surface area contributed by atoms with E-state index < -0.39 is 0 Å². The van der Waals surface area contributed by atoms with Gasteiger partial charge in [0, 0.05) is 11.3 Å². The minimum Gasteiger partial charge on any atom is -0.245 e. The molecule has 54 valence electrons. The van der Waals surface area contributed by atoms with Gasteiger partial charge in [-0.15, -0.1) is 22.9 Å². The molecule has 10 heavy (non-hydrogen) atoms. The predicted octanol–water partition coefficient (Wildman–Crippen LogP) is 2.79. The molecule has 0 atom stereocenters. The van der Waals surface area contributed by atoms with Crippen molar-refractivity contribution in [2.45, 2.75) is 6.42 Å². The van der Waals surface area contributed by atoms with Gasteiger partial charge in [-0.3, -0.25) is 0 Å². The summed E-state index contributed by atoms with van der Waals surface area (Å²) in [5.74, 6) is 0.681. The van der Waals surface area contributed by atoms with Crippen molar-refractivity contribution in [2.24, 2.45) is 0 Å². The van der Waals surface area contributed by atoms with Crippen molar-refractivity contribution < 1.29 is 0 Å². The van der Waals surface area contributed by atoms with E-state index in [9.17, 15) is 0 Å². The molecule has 0 saturated carbocycles. The lowest BCUT2D eigenvalue weighted by Gasteiger charge is -1.81. The zero-order valence-corrected chi connectivity index (χ0v) is 7.03. The molecule has 0 spiro atoms. The number of allylic oxidation sites excluding steroid dienone is 1. The molecular formula is C7H8ClNS. The monoisotopic (exact) mass is 173 g/mol. The summed E-state index contributed by atoms with van der Waals surface area (Å²) in [5.41, 5.74) is 2.84. The van der Waals surface area contributed by atoms with Crippen molar-refractivity contribution >= 4 is 29.0 Å². The fourth-order valence-electron chi connectivity index (χ4n) is 0.571. The standard InChI is InChI=1S/C7H8ClNS/c8-4-2-1-3-7-5-10-6-9-7/h1,3,5-6H,2,4H2. The number of nitrogens with zero attached hydrogens (tertiary/aromatic N) is 1. The lowest BCUT2D eigenvalue weighted by molar-refractivity contribution is 1.24. The van der Waals surface area contributed by atoms with E-state index >= 15 is 0 Å². The summed E-state index contributed by atoms with van der Waals surface area (Å²) in [6.45, 7) is 0. The second-order valence-electron chi connectivity index (χ2n) is 1.79. The Balaban J connectivity index is 2.40. The molecule has 0 aromatic carbocycles. The molecule has 0 bridgehead atoms. The molecule has 1 rings (SSSR count). The van der Waals surface area contributed by atoms with Crippen LogP contribution >= 0.6 is 22.9 Å². The van der Waals surface area contributed by atoms with Gasteiger partial charge in [0.15, 0.2) is 0 Å². The SMILES string of the molecule is ClCCC=Cc1cscn1. The number of alkyl halides is 1. The molecule has 0 amide bonds. The first-order valence-electron chi connectivity index (χ1n) is 3.04. The van der Waals surface area contributed by atoms with Crippen LogP contribution in [0.5, 0.6) is 0 Å². The molecule has 0 aliphatic heterocycles. The van der Waals surface area contributed by atoms with Gasteiger partial charge in [-0.2, -0.15) is 0 Å². The van der Waals surface area contributed by atoms with Gasteiger partial charge in [-0.05, 0) is 12.5 Å². The average molecular weight is 174 g/mol. The normalized spacial score (nSPS) is 10.9. The number of thiazole rings is 1. The Hall–Kier alpha value is -0.340. The molecule has 1 nitrogen and oxygen atoms in total. The van der Waals surface area contributed by atoms with Crippen molar-refractivity contribution in [3.8, 4) is 0 Å². The molecule has 1 aromatic rings. The van der Waals surface area contributed by atoms with E-state index in [2.05, 4.69) is 4.98 Å². The van der Waals surface area contributed by atoms with Gasteiger partial charge in [0.05, 0.1) is 11.2 Å². The zero-order valence-electron chi connectivity index (χ0n) is 5.46. The van der Waals surface area contributed by atoms with Crippen molar-refractivity contribution in [3.63, 3.8) is 0 Å². The lowest BCUT2D eigenvalue weighted by atomic mass is 10.4. The molecule has 0 saturated heterocycles. The van der Waals surface area contributed by atoms with Crippen LogP contribution in [-0.2, 0) is 0 Å². The minimum absolute atomic E-state index is 0.681. The smallest absolute Gasteiger partial charge is 0.0798 e. The summed E-state index contributed by atoms with van der Waals surface area (Å²) in [5, 5.41) is 2.00. The van der Waals surface area contributed by atoms with Crippen molar-refractivity contribution in [2.75, 3.05) is 5.88 Å². The Morgan fingerprint density at radius 2 is 2.60 bits per heavy atom. The first-order valence-corrected chi connectivity index (χ1v) is 4.52. The van der Waals surface area contributed by atoms with Crippen LogP contribution in [0.1, 0.15) is 12.1 Å². The van der Waals surface area contributed by atoms with Gasteiger partial charge in [-0.1, -0.05) is 6.08 Å². The fraction of sp³-hybridized carbons (Fsp3) is 0.286. The third kappa shape index (κ3) is 2.50. The van der Waals surface area contributed by atoms with Crippen LogP contribution in [0.4, 0.5) is 0 Å². The number of aromatic nitrogens is 1. The van der Waals surface area contributed by atoms with Gasteiger partial charge in [0.2, 0.25) is 0 Å². The van der Waals surface area contributed by atoms with Gasteiger partial charge in [0.1, 0.15) is 0 Å². The number of hydrogen-bond donors (Lipinski definition) is 0. The highest BCUT2D eigenvalue weighted by molar-refractivity contribution is 7.07. The topological polar surface area (TPSA) is 12.9 Å². The van der Waals surface area contributed by atoms with E-state index in [0.717, 1.165) is 12.1 Å². The van der Waals surface area contributed by atoms with Gasteiger partial charge < -0.3 is 0 Å². The van der Waals surface area contributed by atoms with E-state index in [4.69, 9.17) is 11.6 Å². The predicted molar refractivity (Wildman–Crippen MR) is 46.5 cm³/mol. The van der Waals surface area contributed by atoms with Crippen molar-refractivity contribution in [1.29, 1.82) is 0 Å². The molecule has 0 fully saturated rings. The van der Waals surface area contributed by atoms with E-state index in [-0.39, 0.29) is 0 Å². The number of hydrogen-bond acceptors (Lipinski definition) is 2. The van der Waals surface area contributed by atoms with Crippen molar-refractivity contribution in [3.05, 3.63) is 22.7 Å². The maximum Gasteiger partial charge on any atom is 0.0798 e. The molecule has 0 aliphatic rings. The molecule has 0 unspecified atom stereocenters. The van der Waals surface area contributed by atoms with E-state index in [1.165, 1.54) is 0 Å². The summed E-state index contributed by atoms with van der Waals surface area (Å²) in [4.78, 5) is 4.08. The molecule has 1 heterocycles. The van der Waals surface area contributed by atoms with Crippen LogP contribution in [0, 0.1) is 0 Å². The molecule has 0 N–H and O–H groups in total. The van der Waals surface area contributed by atoms with Crippen LogP contribution in [0.3, 0.4) is 0 Å². The molecule has 3 heteroatoms. The summed E-state index contributed by atoms with van der Waals surface area (Å²) >= 11 is 7.07. The maximum absolute atomic E-state index is 5.47. The Labute approximate surface area is 69.4 Å². The summed E-state index contributed by atoms with van der Waals surface area (Å²) in [6, 6.07) is 0. The van der Waals surface area contributed by atoms with Gasteiger partial charge >= 0.3 is 0 Å². The highest BCUT2D eigenvalue weighted by atomic mass is 35.5. The third-order valence-electron chi connectivity index (χ3n) is 1.02. The lowest BCUT2D eigenvalue weighted by Crippen LogP contribution is -1.69. The maximum atomic E-state index is 5.47. The number of rotatable bonds is 3. The van der Waals surface area contributed by atoms with E-state index in [1.807, 2.05) is 23.0 Å². The molecule has 0 aliphatic carbocycles. The first-order chi connectivity index (χ1) is 4.93. The van der Waals surface area contributed by atoms with Gasteiger partial charge in [-0.25, -0.2) is 4.98 Å². The Bertz CT molecular complexity index is 193. The fourth-order valence-corrected chi connectivity index (χ4v) is 1.22. The average Bonchev–Trinajstić information content (AvgIpc) is 2.41. The Kier molecular flexibility index (Phi) is 3.47. The zero-order chi connectivity index (χ0) is 7.23. The molecular weight excluding hydrogens is 166 g/mol. The van der Waals surface area contributed by atoms with Crippen LogP contribution in [0.15, 0.2) is 17.0 Å². The summed E-state index contributed by atoms with van der Waals surface area (Å²) in [6.07, 6.45) is 4.93. The number of halogens is 1. The Morgan fingerprint density at radius 1 is 1.70 bits per heavy atom. The summed E-state index contributed by atoms with van der Waals surface area (Å²) < 4.78 is 0. The molecule has 1 aromatic heterocycles. The highest BCUT2D eigenvalue weighted by Gasteiger charge is 1.84. The molecule has 0 radical (unpaired) electrons. The van der Waals surface area contributed by atoms with Crippen LogP contribution in [0.25, 0.3) is 6.08 Å². The third-order valence-corrected chi connectivity index (χ3v) is 1.84. The van der Waals surface area contributed by atoms with E-state index in [0.29, 0.717) is 5.88 Å². The Morgan fingerprint density at radius 3 is 3.20 bits per heavy atom. The minimum atomic E-state index is 0.681. The second kappa shape index (κ2) is 4.47. The summed E-state index contributed by atoms with van der Waals surface area (Å²) in [7, 11) is 0.